The summed E-state index contributed by atoms with van der Waals surface area (Å²) in [6.07, 6.45) is 1.53. The molecule has 0 unspecified atom stereocenters. The molecule has 3 N–H and O–H groups in total. The Balaban J connectivity index is 1.85. The fourth-order valence-electron chi connectivity index (χ4n) is 2.40. The minimum atomic E-state index is -3.74. The molecule has 8 nitrogen and oxygen atoms in total. The summed E-state index contributed by atoms with van der Waals surface area (Å²) < 4.78 is 53.5. The zero-order chi connectivity index (χ0) is 22.2. The summed E-state index contributed by atoms with van der Waals surface area (Å²) in [7, 11) is -7.32. The summed E-state index contributed by atoms with van der Waals surface area (Å²) in [5.41, 5.74) is 0.410. The molecule has 11 heteroatoms. The Morgan fingerprint density at radius 2 is 1.33 bits per heavy atom. The number of unbranched alkanes of at least 4 members (excludes halogenated alkanes) is 1. The molecule has 2 aromatic carbocycles. The van der Waals surface area contributed by atoms with Gasteiger partial charge in [-0.05, 0) is 55.0 Å². The second-order valence-corrected chi connectivity index (χ2v) is 10.4. The van der Waals surface area contributed by atoms with Crippen LogP contribution >= 0.6 is 11.6 Å². The van der Waals surface area contributed by atoms with Crippen molar-refractivity contribution >= 4 is 43.2 Å². The van der Waals surface area contributed by atoms with Gasteiger partial charge in [-0.3, -0.25) is 4.79 Å². The van der Waals surface area contributed by atoms with E-state index in [0.717, 1.165) is 12.8 Å². The first-order valence-corrected chi connectivity index (χ1v) is 12.6. The maximum Gasteiger partial charge on any atom is 0.240 e. The molecule has 0 bridgehead atoms. The molecular weight excluding hydrogens is 450 g/mol. The monoisotopic (exact) mass is 473 g/mol. The Bertz CT molecular complexity index is 1050. The van der Waals surface area contributed by atoms with Gasteiger partial charge in [-0.15, -0.1) is 0 Å². The van der Waals surface area contributed by atoms with E-state index in [1.165, 1.54) is 48.5 Å². The van der Waals surface area contributed by atoms with Gasteiger partial charge in [0.05, 0.1) is 9.79 Å². The van der Waals surface area contributed by atoms with Crippen LogP contribution in [0.4, 0.5) is 5.69 Å². The van der Waals surface area contributed by atoms with Crippen LogP contribution in [0.15, 0.2) is 58.3 Å². The number of sulfonamides is 2. The van der Waals surface area contributed by atoms with E-state index in [0.29, 0.717) is 17.3 Å². The molecule has 0 saturated heterocycles. The van der Waals surface area contributed by atoms with Gasteiger partial charge in [0, 0.05) is 30.2 Å². The normalized spacial score (nSPS) is 11.9. The van der Waals surface area contributed by atoms with E-state index in [2.05, 4.69) is 14.8 Å². The van der Waals surface area contributed by atoms with Gasteiger partial charge in [-0.1, -0.05) is 24.9 Å². The summed E-state index contributed by atoms with van der Waals surface area (Å²) in [6.45, 7) is 2.24. The summed E-state index contributed by atoms with van der Waals surface area (Å²) in [5.74, 6) is -0.412. The molecule has 2 aromatic rings. The highest BCUT2D eigenvalue weighted by Gasteiger charge is 2.15. The highest BCUT2D eigenvalue weighted by molar-refractivity contribution is 7.89. The zero-order valence-electron chi connectivity index (χ0n) is 16.4. The topological polar surface area (TPSA) is 121 Å². The maximum atomic E-state index is 12.2. The van der Waals surface area contributed by atoms with Gasteiger partial charge < -0.3 is 5.32 Å². The Labute approximate surface area is 182 Å². The molecule has 0 spiro atoms. The molecule has 164 valence electrons. The Morgan fingerprint density at radius 1 is 0.833 bits per heavy atom. The van der Waals surface area contributed by atoms with E-state index in [1.807, 2.05) is 6.92 Å². The van der Waals surface area contributed by atoms with Crippen molar-refractivity contribution in [2.45, 2.75) is 36.0 Å². The molecule has 0 aromatic heterocycles. The second-order valence-electron chi connectivity index (χ2n) is 6.43. The molecule has 30 heavy (non-hydrogen) atoms. The van der Waals surface area contributed by atoms with Crippen LogP contribution in [-0.4, -0.2) is 35.8 Å². The number of anilines is 1. The lowest BCUT2D eigenvalue weighted by atomic mass is 10.3. The number of nitrogens with one attached hydrogen (secondary N) is 3. The summed E-state index contributed by atoms with van der Waals surface area (Å²) in [6, 6.07) is 11.4. The van der Waals surface area contributed by atoms with E-state index in [9.17, 15) is 21.6 Å². The first kappa shape index (κ1) is 24.3. The predicted molar refractivity (Wildman–Crippen MR) is 116 cm³/mol. The smallest absolute Gasteiger partial charge is 0.240 e. The van der Waals surface area contributed by atoms with Crippen LogP contribution in [0.2, 0.25) is 5.02 Å². The maximum absolute atomic E-state index is 12.2. The molecule has 0 fully saturated rings. The van der Waals surface area contributed by atoms with Gasteiger partial charge in [0.1, 0.15) is 0 Å². The van der Waals surface area contributed by atoms with Crippen LogP contribution in [0, 0.1) is 0 Å². The summed E-state index contributed by atoms with van der Waals surface area (Å²) >= 11 is 5.74. The van der Waals surface area contributed by atoms with Crippen molar-refractivity contribution in [3.8, 4) is 0 Å². The van der Waals surface area contributed by atoms with Crippen molar-refractivity contribution in [1.82, 2.24) is 9.44 Å². The van der Waals surface area contributed by atoms with E-state index in [1.54, 1.807) is 0 Å². The number of carbonyl (C=O) groups is 1. The van der Waals surface area contributed by atoms with E-state index in [-0.39, 0.29) is 22.8 Å². The standard InChI is InChI=1S/C19H24ClN3O5S2/c1-2-3-13-21-29(25,26)18-10-6-16(7-11-18)23-19(24)12-14-22-30(27,28)17-8-4-15(20)5-9-17/h4-11,21-22H,2-3,12-14H2,1H3,(H,23,24). The molecule has 0 atom stereocenters. The summed E-state index contributed by atoms with van der Waals surface area (Å²) in [5, 5.41) is 3.02. The number of hydrogen-bond donors (Lipinski definition) is 3. The fraction of sp³-hybridized carbons (Fsp3) is 0.316. The molecule has 0 aliphatic heterocycles. The number of carbonyl (C=O) groups excluding carboxylic acids is 1. The molecular formula is C19H24ClN3O5S2. The fourth-order valence-corrected chi connectivity index (χ4v) is 4.64. The second kappa shape index (κ2) is 10.9. The minimum absolute atomic E-state index is 0.0525. The third-order valence-electron chi connectivity index (χ3n) is 4.04. The lowest BCUT2D eigenvalue weighted by Gasteiger charge is -2.09. The van der Waals surface area contributed by atoms with Gasteiger partial charge in [0.15, 0.2) is 0 Å². The number of amides is 1. The highest BCUT2D eigenvalue weighted by Crippen LogP contribution is 2.15. The molecule has 0 aliphatic rings. The number of halogens is 1. The van der Waals surface area contributed by atoms with E-state index in [4.69, 9.17) is 11.6 Å². The van der Waals surface area contributed by atoms with Gasteiger partial charge in [0.25, 0.3) is 0 Å². The third-order valence-corrected chi connectivity index (χ3v) is 7.24. The summed E-state index contributed by atoms with van der Waals surface area (Å²) in [4.78, 5) is 12.2. The van der Waals surface area contributed by atoms with Crippen LogP contribution in [0.3, 0.4) is 0 Å². The Hall–Kier alpha value is -1.98. The van der Waals surface area contributed by atoms with Gasteiger partial charge in [-0.25, -0.2) is 26.3 Å². The lowest BCUT2D eigenvalue weighted by molar-refractivity contribution is -0.116. The van der Waals surface area contributed by atoms with Crippen molar-refractivity contribution in [1.29, 1.82) is 0 Å². The van der Waals surface area contributed by atoms with Gasteiger partial charge in [-0.2, -0.15) is 0 Å². The van der Waals surface area contributed by atoms with Crippen LogP contribution < -0.4 is 14.8 Å². The van der Waals surface area contributed by atoms with Gasteiger partial charge >= 0.3 is 0 Å². The average Bonchev–Trinajstić information content (AvgIpc) is 2.68. The van der Waals surface area contributed by atoms with Crippen LogP contribution in [0.1, 0.15) is 26.2 Å². The molecule has 2 rings (SSSR count). The predicted octanol–water partition coefficient (Wildman–Crippen LogP) is 2.73. The third kappa shape index (κ3) is 7.37. The minimum Gasteiger partial charge on any atom is -0.326 e. The van der Waals surface area contributed by atoms with Gasteiger partial charge in [0.2, 0.25) is 26.0 Å². The van der Waals surface area contributed by atoms with E-state index >= 15 is 0 Å². The lowest BCUT2D eigenvalue weighted by Crippen LogP contribution is -2.27. The Morgan fingerprint density at radius 3 is 1.87 bits per heavy atom. The van der Waals surface area contributed by atoms with Crippen LogP contribution in [0.5, 0.6) is 0 Å². The molecule has 0 aliphatic carbocycles. The quantitative estimate of drug-likeness (QED) is 0.433. The molecule has 1 amide bonds. The number of hydrogen-bond acceptors (Lipinski definition) is 5. The SMILES string of the molecule is CCCCNS(=O)(=O)c1ccc(NC(=O)CCNS(=O)(=O)c2ccc(Cl)cc2)cc1. The van der Waals surface area contributed by atoms with Crippen molar-refractivity contribution in [2.24, 2.45) is 0 Å². The molecule has 0 saturated carbocycles. The average molecular weight is 474 g/mol. The first-order valence-electron chi connectivity index (χ1n) is 9.29. The number of rotatable bonds is 11. The molecule has 0 heterocycles. The van der Waals surface area contributed by atoms with Crippen molar-refractivity contribution in [3.63, 3.8) is 0 Å². The van der Waals surface area contributed by atoms with Crippen LogP contribution in [-0.2, 0) is 24.8 Å². The first-order chi connectivity index (χ1) is 14.1. The zero-order valence-corrected chi connectivity index (χ0v) is 18.8. The number of benzene rings is 2. The largest absolute Gasteiger partial charge is 0.326 e. The Kier molecular flexibility index (Phi) is 8.80. The van der Waals surface area contributed by atoms with E-state index < -0.39 is 26.0 Å². The van der Waals surface area contributed by atoms with Crippen molar-refractivity contribution < 1.29 is 21.6 Å². The van der Waals surface area contributed by atoms with Crippen molar-refractivity contribution in [2.75, 3.05) is 18.4 Å². The molecule has 0 radical (unpaired) electrons. The highest BCUT2D eigenvalue weighted by atomic mass is 35.5. The van der Waals surface area contributed by atoms with Crippen LogP contribution in [0.25, 0.3) is 0 Å². The van der Waals surface area contributed by atoms with Crippen molar-refractivity contribution in [3.05, 3.63) is 53.6 Å².